The first-order chi connectivity index (χ1) is 6.11. The number of hydrogen-bond donors (Lipinski definition) is 2. The van der Waals surface area contributed by atoms with Crippen molar-refractivity contribution < 1.29 is 4.74 Å². The number of benzene rings is 1. The maximum atomic E-state index is 5.78. The standard InChI is InChI=1S/C8H10ClN3O/c1-13-7-3-5(9)2-6(4-7)12-8(10)11/h2-4H,1H3,(H4,10,11,12). The van der Waals surface area contributed by atoms with Gasteiger partial charge in [0.2, 0.25) is 0 Å². The molecular weight excluding hydrogens is 190 g/mol. The minimum Gasteiger partial charge on any atom is -0.497 e. The second-order valence-corrected chi connectivity index (χ2v) is 2.82. The number of nitrogens with two attached hydrogens (primary N) is 2. The smallest absolute Gasteiger partial charge is 0.191 e. The van der Waals surface area contributed by atoms with Crippen LogP contribution in [-0.4, -0.2) is 13.1 Å². The fraction of sp³-hybridized carbons (Fsp3) is 0.125. The topological polar surface area (TPSA) is 73.6 Å². The molecule has 0 amide bonds. The van der Waals surface area contributed by atoms with Crippen molar-refractivity contribution in [1.82, 2.24) is 0 Å². The number of methoxy groups -OCH3 is 1. The second kappa shape index (κ2) is 4.00. The van der Waals surface area contributed by atoms with E-state index in [1.165, 1.54) is 0 Å². The van der Waals surface area contributed by atoms with Crippen LogP contribution in [0.5, 0.6) is 5.75 Å². The maximum absolute atomic E-state index is 5.78. The Morgan fingerprint density at radius 3 is 2.62 bits per heavy atom. The van der Waals surface area contributed by atoms with Gasteiger partial charge in [-0.3, -0.25) is 0 Å². The van der Waals surface area contributed by atoms with Crippen LogP contribution in [0, 0.1) is 0 Å². The molecule has 0 aliphatic carbocycles. The monoisotopic (exact) mass is 199 g/mol. The lowest BCUT2D eigenvalue weighted by Gasteiger charge is -2.01. The van der Waals surface area contributed by atoms with Crippen molar-refractivity contribution in [3.8, 4) is 5.75 Å². The summed E-state index contributed by atoms with van der Waals surface area (Å²) in [7, 11) is 1.55. The number of guanidine groups is 1. The average Bonchev–Trinajstić information content (AvgIpc) is 2.01. The van der Waals surface area contributed by atoms with Gasteiger partial charge in [0, 0.05) is 11.1 Å². The van der Waals surface area contributed by atoms with Gasteiger partial charge in [-0.2, -0.15) is 0 Å². The van der Waals surface area contributed by atoms with Gasteiger partial charge in [0.15, 0.2) is 5.96 Å². The summed E-state index contributed by atoms with van der Waals surface area (Å²) < 4.78 is 4.98. The van der Waals surface area contributed by atoms with Gasteiger partial charge in [-0.1, -0.05) is 11.6 Å². The summed E-state index contributed by atoms with van der Waals surface area (Å²) in [6.45, 7) is 0. The summed E-state index contributed by atoms with van der Waals surface area (Å²) in [4.78, 5) is 3.84. The van der Waals surface area contributed by atoms with Crippen molar-refractivity contribution in [2.24, 2.45) is 16.5 Å². The summed E-state index contributed by atoms with van der Waals surface area (Å²) in [6.07, 6.45) is 0. The summed E-state index contributed by atoms with van der Waals surface area (Å²) >= 11 is 5.78. The SMILES string of the molecule is COc1cc(Cl)cc(N=C(N)N)c1. The van der Waals surface area contributed by atoms with E-state index in [0.717, 1.165) is 0 Å². The highest BCUT2D eigenvalue weighted by Gasteiger charge is 1.98. The Morgan fingerprint density at radius 1 is 1.38 bits per heavy atom. The quantitative estimate of drug-likeness (QED) is 0.556. The fourth-order valence-corrected chi connectivity index (χ4v) is 1.10. The van der Waals surface area contributed by atoms with Gasteiger partial charge in [-0.15, -0.1) is 0 Å². The highest BCUT2D eigenvalue weighted by molar-refractivity contribution is 6.31. The van der Waals surface area contributed by atoms with Crippen LogP contribution in [0.15, 0.2) is 23.2 Å². The molecule has 0 saturated carbocycles. The van der Waals surface area contributed by atoms with E-state index in [4.69, 9.17) is 27.8 Å². The van der Waals surface area contributed by atoms with Gasteiger partial charge in [-0.05, 0) is 12.1 Å². The van der Waals surface area contributed by atoms with Gasteiger partial charge in [0.1, 0.15) is 5.75 Å². The molecule has 0 aliphatic heterocycles. The molecule has 0 heterocycles. The molecule has 0 saturated heterocycles. The van der Waals surface area contributed by atoms with E-state index in [2.05, 4.69) is 4.99 Å². The van der Waals surface area contributed by atoms with Crippen LogP contribution < -0.4 is 16.2 Å². The molecule has 70 valence electrons. The van der Waals surface area contributed by atoms with Gasteiger partial charge in [0.25, 0.3) is 0 Å². The molecule has 0 spiro atoms. The van der Waals surface area contributed by atoms with Gasteiger partial charge < -0.3 is 16.2 Å². The number of halogens is 1. The van der Waals surface area contributed by atoms with E-state index in [0.29, 0.717) is 16.5 Å². The molecule has 4 nitrogen and oxygen atoms in total. The molecule has 0 aromatic heterocycles. The van der Waals surface area contributed by atoms with Crippen LogP contribution in [0.25, 0.3) is 0 Å². The molecule has 5 heteroatoms. The number of rotatable bonds is 2. The molecule has 1 rings (SSSR count). The maximum Gasteiger partial charge on any atom is 0.191 e. The molecule has 1 aromatic carbocycles. The molecule has 0 bridgehead atoms. The first-order valence-corrected chi connectivity index (χ1v) is 3.94. The van der Waals surface area contributed by atoms with E-state index in [1.54, 1.807) is 25.3 Å². The van der Waals surface area contributed by atoms with Crippen molar-refractivity contribution >= 4 is 23.2 Å². The van der Waals surface area contributed by atoms with Crippen LogP contribution in [0.2, 0.25) is 5.02 Å². The lowest BCUT2D eigenvalue weighted by Crippen LogP contribution is -2.21. The third-order valence-electron chi connectivity index (χ3n) is 1.35. The van der Waals surface area contributed by atoms with Crippen LogP contribution in [0.1, 0.15) is 0 Å². The highest BCUT2D eigenvalue weighted by Crippen LogP contribution is 2.25. The average molecular weight is 200 g/mol. The van der Waals surface area contributed by atoms with Crippen LogP contribution >= 0.6 is 11.6 Å². The van der Waals surface area contributed by atoms with E-state index < -0.39 is 0 Å². The summed E-state index contributed by atoms with van der Waals surface area (Å²) in [5, 5.41) is 0.527. The second-order valence-electron chi connectivity index (χ2n) is 2.39. The van der Waals surface area contributed by atoms with Crippen LogP contribution in [-0.2, 0) is 0 Å². The summed E-state index contributed by atoms with van der Waals surface area (Å²) in [5.41, 5.74) is 11.0. The predicted octanol–water partition coefficient (Wildman–Crippen LogP) is 1.25. The lowest BCUT2D eigenvalue weighted by atomic mass is 10.3. The zero-order valence-electron chi connectivity index (χ0n) is 7.12. The van der Waals surface area contributed by atoms with Crippen molar-refractivity contribution in [2.45, 2.75) is 0 Å². The first kappa shape index (κ1) is 9.67. The third-order valence-corrected chi connectivity index (χ3v) is 1.57. The van der Waals surface area contributed by atoms with Gasteiger partial charge in [-0.25, -0.2) is 4.99 Å². The van der Waals surface area contributed by atoms with E-state index in [1.807, 2.05) is 0 Å². The Labute approximate surface area is 81.2 Å². The summed E-state index contributed by atoms with van der Waals surface area (Å²) in [6, 6.07) is 5.00. The Bertz CT molecular complexity index is 334. The zero-order valence-corrected chi connectivity index (χ0v) is 7.88. The largest absolute Gasteiger partial charge is 0.497 e. The van der Waals surface area contributed by atoms with Crippen molar-refractivity contribution in [2.75, 3.05) is 7.11 Å². The summed E-state index contributed by atoms with van der Waals surface area (Å²) in [5.74, 6) is 0.608. The van der Waals surface area contributed by atoms with Crippen molar-refractivity contribution in [3.63, 3.8) is 0 Å². The number of ether oxygens (including phenoxy) is 1. The fourth-order valence-electron chi connectivity index (χ4n) is 0.879. The van der Waals surface area contributed by atoms with E-state index in [-0.39, 0.29) is 5.96 Å². The van der Waals surface area contributed by atoms with E-state index in [9.17, 15) is 0 Å². The third kappa shape index (κ3) is 2.83. The number of nitrogens with zero attached hydrogens (tertiary/aromatic N) is 1. The molecule has 13 heavy (non-hydrogen) atoms. The molecule has 0 radical (unpaired) electrons. The Balaban J connectivity index is 3.09. The Hall–Kier alpha value is -1.42. The minimum atomic E-state index is -0.00989. The minimum absolute atomic E-state index is 0.00989. The number of aliphatic imine (C=N–C) groups is 1. The highest BCUT2D eigenvalue weighted by atomic mass is 35.5. The van der Waals surface area contributed by atoms with Gasteiger partial charge in [0.05, 0.1) is 12.8 Å². The predicted molar refractivity (Wildman–Crippen MR) is 53.5 cm³/mol. The molecule has 0 unspecified atom stereocenters. The normalized spacial score (nSPS) is 9.38. The Morgan fingerprint density at radius 2 is 2.08 bits per heavy atom. The van der Waals surface area contributed by atoms with E-state index >= 15 is 0 Å². The molecular formula is C8H10ClN3O. The molecule has 0 fully saturated rings. The molecule has 4 N–H and O–H groups in total. The van der Waals surface area contributed by atoms with Crippen molar-refractivity contribution in [3.05, 3.63) is 23.2 Å². The van der Waals surface area contributed by atoms with Crippen LogP contribution in [0.3, 0.4) is 0 Å². The number of hydrogen-bond acceptors (Lipinski definition) is 2. The zero-order chi connectivity index (χ0) is 9.84. The van der Waals surface area contributed by atoms with Gasteiger partial charge >= 0.3 is 0 Å². The van der Waals surface area contributed by atoms with Crippen molar-refractivity contribution in [1.29, 1.82) is 0 Å². The lowest BCUT2D eigenvalue weighted by molar-refractivity contribution is 0.415. The molecule has 1 aromatic rings. The molecule has 0 aliphatic rings. The Kier molecular flexibility index (Phi) is 2.97. The molecule has 0 atom stereocenters. The first-order valence-electron chi connectivity index (χ1n) is 3.56. The van der Waals surface area contributed by atoms with Crippen LogP contribution in [0.4, 0.5) is 5.69 Å².